The van der Waals surface area contributed by atoms with Crippen molar-refractivity contribution < 1.29 is 10.2 Å². The molecule has 1 unspecified atom stereocenters. The summed E-state index contributed by atoms with van der Waals surface area (Å²) in [5.41, 5.74) is 6.10. The third-order valence-corrected chi connectivity index (χ3v) is 3.75. The molecule has 1 aliphatic carbocycles. The van der Waals surface area contributed by atoms with Gasteiger partial charge in [-0.05, 0) is 35.1 Å². The Labute approximate surface area is 119 Å². The summed E-state index contributed by atoms with van der Waals surface area (Å²) in [6.07, 6.45) is 2.80. The first-order chi connectivity index (χ1) is 9.78. The summed E-state index contributed by atoms with van der Waals surface area (Å²) in [5.74, 6) is 0. The third-order valence-electron chi connectivity index (χ3n) is 3.75. The number of hydrogen-bond acceptors (Lipinski definition) is 2. The van der Waals surface area contributed by atoms with Gasteiger partial charge in [0.1, 0.15) is 0 Å². The van der Waals surface area contributed by atoms with Crippen molar-refractivity contribution >= 4 is 6.08 Å². The van der Waals surface area contributed by atoms with Crippen molar-refractivity contribution in [2.45, 2.75) is 18.9 Å². The molecule has 2 aromatic carbocycles. The van der Waals surface area contributed by atoms with Gasteiger partial charge in [-0.2, -0.15) is 0 Å². The van der Waals surface area contributed by atoms with Crippen molar-refractivity contribution in [1.82, 2.24) is 0 Å². The SMILES string of the molecule is OCC(O)CC1=Cc2ccccc2-c2ccccc2C1. The molecule has 20 heavy (non-hydrogen) atoms. The molecule has 0 aliphatic heterocycles. The monoisotopic (exact) mass is 266 g/mol. The van der Waals surface area contributed by atoms with Crippen LogP contribution in [0.4, 0.5) is 0 Å². The Bertz CT molecular complexity index is 643. The highest BCUT2D eigenvalue weighted by molar-refractivity contribution is 5.80. The van der Waals surface area contributed by atoms with Crippen LogP contribution in [0.5, 0.6) is 0 Å². The number of hydrogen-bond donors (Lipinski definition) is 2. The molecule has 2 nitrogen and oxygen atoms in total. The number of fused-ring (bicyclic) bond motifs is 3. The maximum atomic E-state index is 9.71. The molecule has 0 saturated heterocycles. The Morgan fingerprint density at radius 3 is 2.45 bits per heavy atom. The molecule has 0 saturated carbocycles. The van der Waals surface area contributed by atoms with E-state index in [4.69, 9.17) is 5.11 Å². The van der Waals surface area contributed by atoms with Crippen LogP contribution < -0.4 is 0 Å². The lowest BCUT2D eigenvalue weighted by Crippen LogP contribution is -2.13. The highest BCUT2D eigenvalue weighted by Gasteiger charge is 2.16. The zero-order chi connectivity index (χ0) is 13.9. The lowest BCUT2D eigenvalue weighted by atomic mass is 9.96. The molecule has 0 spiro atoms. The smallest absolute Gasteiger partial charge is 0.0808 e. The van der Waals surface area contributed by atoms with Crippen molar-refractivity contribution in [2.24, 2.45) is 0 Å². The first-order valence-corrected chi connectivity index (χ1v) is 6.93. The van der Waals surface area contributed by atoms with Gasteiger partial charge in [-0.15, -0.1) is 0 Å². The largest absolute Gasteiger partial charge is 0.394 e. The van der Waals surface area contributed by atoms with E-state index in [0.29, 0.717) is 6.42 Å². The summed E-state index contributed by atoms with van der Waals surface area (Å²) in [7, 11) is 0. The lowest BCUT2D eigenvalue weighted by Gasteiger charge is -2.11. The predicted molar refractivity (Wildman–Crippen MR) is 81.3 cm³/mol. The topological polar surface area (TPSA) is 40.5 Å². The van der Waals surface area contributed by atoms with Crippen LogP contribution >= 0.6 is 0 Å². The minimum absolute atomic E-state index is 0.194. The average molecular weight is 266 g/mol. The molecule has 2 heteroatoms. The summed E-state index contributed by atoms with van der Waals surface area (Å²) in [5, 5.41) is 18.8. The molecule has 3 rings (SSSR count). The Kier molecular flexibility index (Phi) is 3.68. The van der Waals surface area contributed by atoms with Gasteiger partial charge >= 0.3 is 0 Å². The zero-order valence-corrected chi connectivity index (χ0v) is 11.3. The van der Waals surface area contributed by atoms with Gasteiger partial charge in [-0.25, -0.2) is 0 Å². The van der Waals surface area contributed by atoms with Gasteiger partial charge < -0.3 is 10.2 Å². The van der Waals surface area contributed by atoms with Gasteiger partial charge in [-0.3, -0.25) is 0 Å². The molecule has 0 fully saturated rings. The normalized spacial score (nSPS) is 14.8. The maximum absolute atomic E-state index is 9.71. The number of aliphatic hydroxyl groups excluding tert-OH is 2. The van der Waals surface area contributed by atoms with E-state index in [1.54, 1.807) is 0 Å². The molecule has 1 aliphatic rings. The van der Waals surface area contributed by atoms with Crippen molar-refractivity contribution in [2.75, 3.05) is 6.61 Å². The van der Waals surface area contributed by atoms with Crippen LogP contribution in [0.25, 0.3) is 17.2 Å². The van der Waals surface area contributed by atoms with Crippen LogP contribution in [0, 0.1) is 0 Å². The fourth-order valence-corrected chi connectivity index (χ4v) is 2.82. The highest BCUT2D eigenvalue weighted by atomic mass is 16.3. The molecule has 0 amide bonds. The second-order valence-corrected chi connectivity index (χ2v) is 5.26. The lowest BCUT2D eigenvalue weighted by molar-refractivity contribution is 0.0952. The highest BCUT2D eigenvalue weighted by Crippen LogP contribution is 2.34. The average Bonchev–Trinajstić information content (AvgIpc) is 2.63. The van der Waals surface area contributed by atoms with Crippen LogP contribution in [0.2, 0.25) is 0 Å². The van der Waals surface area contributed by atoms with Crippen LogP contribution in [0.3, 0.4) is 0 Å². The van der Waals surface area contributed by atoms with Crippen molar-refractivity contribution in [3.05, 3.63) is 65.2 Å². The second kappa shape index (κ2) is 5.61. The van der Waals surface area contributed by atoms with E-state index in [0.717, 1.165) is 12.0 Å². The summed E-state index contributed by atoms with van der Waals surface area (Å²) in [6, 6.07) is 16.7. The Hall–Kier alpha value is -1.90. The van der Waals surface area contributed by atoms with E-state index in [-0.39, 0.29) is 6.61 Å². The summed E-state index contributed by atoms with van der Waals surface area (Å²) < 4.78 is 0. The molecule has 0 bridgehead atoms. The summed E-state index contributed by atoms with van der Waals surface area (Å²) in [4.78, 5) is 0. The Morgan fingerprint density at radius 1 is 0.950 bits per heavy atom. The van der Waals surface area contributed by atoms with Crippen LogP contribution in [-0.4, -0.2) is 22.9 Å². The van der Waals surface area contributed by atoms with Gasteiger partial charge in [0, 0.05) is 0 Å². The van der Waals surface area contributed by atoms with Crippen LogP contribution in [-0.2, 0) is 6.42 Å². The summed E-state index contributed by atoms with van der Waals surface area (Å²) in [6.45, 7) is -0.194. The van der Waals surface area contributed by atoms with E-state index in [1.165, 1.54) is 22.3 Å². The molecule has 0 heterocycles. The van der Waals surface area contributed by atoms with Crippen LogP contribution in [0.1, 0.15) is 17.5 Å². The van der Waals surface area contributed by atoms with E-state index in [1.807, 2.05) is 12.1 Å². The first kappa shape index (κ1) is 13.1. The van der Waals surface area contributed by atoms with Crippen molar-refractivity contribution in [3.8, 4) is 11.1 Å². The molecular weight excluding hydrogens is 248 g/mol. The van der Waals surface area contributed by atoms with Gasteiger partial charge in [-0.1, -0.05) is 60.2 Å². The first-order valence-electron chi connectivity index (χ1n) is 6.93. The molecule has 102 valence electrons. The van der Waals surface area contributed by atoms with E-state index in [2.05, 4.69) is 42.5 Å². The van der Waals surface area contributed by atoms with E-state index in [9.17, 15) is 5.11 Å². The molecule has 1 atom stereocenters. The fourth-order valence-electron chi connectivity index (χ4n) is 2.82. The van der Waals surface area contributed by atoms with Gasteiger partial charge in [0.25, 0.3) is 0 Å². The maximum Gasteiger partial charge on any atom is 0.0808 e. The zero-order valence-electron chi connectivity index (χ0n) is 11.3. The van der Waals surface area contributed by atoms with Gasteiger partial charge in [0.2, 0.25) is 0 Å². The Balaban J connectivity index is 2.09. The molecule has 2 aromatic rings. The second-order valence-electron chi connectivity index (χ2n) is 5.26. The molecule has 0 aromatic heterocycles. The minimum Gasteiger partial charge on any atom is -0.394 e. The van der Waals surface area contributed by atoms with Crippen LogP contribution in [0.15, 0.2) is 54.1 Å². The fraction of sp³-hybridized carbons (Fsp3) is 0.222. The minimum atomic E-state index is -0.682. The number of benzene rings is 2. The van der Waals surface area contributed by atoms with E-state index >= 15 is 0 Å². The van der Waals surface area contributed by atoms with E-state index < -0.39 is 6.10 Å². The Morgan fingerprint density at radius 2 is 1.65 bits per heavy atom. The number of rotatable bonds is 3. The molecule has 0 radical (unpaired) electrons. The quantitative estimate of drug-likeness (QED) is 0.896. The van der Waals surface area contributed by atoms with Gasteiger partial charge in [0.05, 0.1) is 12.7 Å². The third kappa shape index (κ3) is 2.53. The van der Waals surface area contributed by atoms with Crippen molar-refractivity contribution in [3.63, 3.8) is 0 Å². The van der Waals surface area contributed by atoms with Crippen molar-refractivity contribution in [1.29, 1.82) is 0 Å². The molecular formula is C18H18O2. The predicted octanol–water partition coefficient (Wildman–Crippen LogP) is 3.04. The number of aliphatic hydroxyl groups is 2. The molecule has 2 N–H and O–H groups in total. The van der Waals surface area contributed by atoms with Gasteiger partial charge in [0.15, 0.2) is 0 Å². The standard InChI is InChI=1S/C18H18O2/c19-12-16(20)11-13-9-14-5-1-3-7-17(14)18-8-4-2-6-15(18)10-13/h1-9,16,19-20H,10-12H2. The summed E-state index contributed by atoms with van der Waals surface area (Å²) >= 11 is 0.